The maximum absolute atomic E-state index is 12.9. The second kappa shape index (κ2) is 7.39. The highest BCUT2D eigenvalue weighted by molar-refractivity contribution is 5.83. The number of rotatable bonds is 5. The molecule has 28 heavy (non-hydrogen) atoms. The third-order valence-corrected chi connectivity index (χ3v) is 7.06. The molecule has 0 spiro atoms. The molecule has 1 aromatic rings. The number of hydrogen-bond donors (Lipinski definition) is 1. The first-order valence-corrected chi connectivity index (χ1v) is 10.4. The lowest BCUT2D eigenvalue weighted by Gasteiger charge is -2.28. The number of nitrogens with zero attached hydrogens (tertiary/aromatic N) is 3. The van der Waals surface area contributed by atoms with E-state index in [4.69, 9.17) is 0 Å². The first-order valence-electron chi connectivity index (χ1n) is 10.4. The number of hydrogen-bond acceptors (Lipinski definition) is 4. The molecular formula is C22H31N3O3. The zero-order chi connectivity index (χ0) is 19.9. The number of likely N-dealkylation sites (tertiary alicyclic amines) is 2. The molecule has 1 amide bonds. The standard InChI is InChI=1S/C22H31N3O3/c1-23(2)18-9-7-16(8-10-18)11-20(26)25-13-17-12-24(19-5-3-4-6-19)14-22(17,15-25)21(27)28/h7-10,17,19H,3-6,11-15H2,1-2H3,(H,27,28)/t17-,22-/m1/s1. The minimum atomic E-state index is -0.785. The van der Waals surface area contributed by atoms with Crippen LogP contribution in [0.25, 0.3) is 0 Å². The molecule has 6 heteroatoms. The molecule has 1 aromatic carbocycles. The third-order valence-electron chi connectivity index (χ3n) is 7.06. The van der Waals surface area contributed by atoms with Crippen molar-refractivity contribution < 1.29 is 14.7 Å². The van der Waals surface area contributed by atoms with E-state index in [1.54, 1.807) is 4.90 Å². The molecule has 6 nitrogen and oxygen atoms in total. The molecule has 3 fully saturated rings. The maximum Gasteiger partial charge on any atom is 0.313 e. The van der Waals surface area contributed by atoms with Gasteiger partial charge in [-0.3, -0.25) is 14.5 Å². The average Bonchev–Trinajstić information content (AvgIpc) is 3.36. The molecule has 3 aliphatic rings. The van der Waals surface area contributed by atoms with Crippen LogP contribution in [0.3, 0.4) is 0 Å². The van der Waals surface area contributed by atoms with Gasteiger partial charge in [-0.2, -0.15) is 0 Å². The summed E-state index contributed by atoms with van der Waals surface area (Å²) in [6.45, 7) is 2.34. The summed E-state index contributed by atoms with van der Waals surface area (Å²) in [5.41, 5.74) is 1.29. The second-order valence-corrected chi connectivity index (χ2v) is 9.04. The van der Waals surface area contributed by atoms with E-state index in [1.165, 1.54) is 25.7 Å². The molecule has 0 bridgehead atoms. The smallest absolute Gasteiger partial charge is 0.313 e. The van der Waals surface area contributed by atoms with E-state index in [1.807, 2.05) is 43.3 Å². The predicted molar refractivity (Wildman–Crippen MR) is 108 cm³/mol. The number of carboxylic acids is 1. The van der Waals surface area contributed by atoms with Crippen LogP contribution in [-0.4, -0.2) is 73.1 Å². The van der Waals surface area contributed by atoms with Crippen LogP contribution in [-0.2, 0) is 16.0 Å². The minimum Gasteiger partial charge on any atom is -0.481 e. The summed E-state index contributed by atoms with van der Waals surface area (Å²) in [6.07, 6.45) is 5.22. The van der Waals surface area contributed by atoms with Gasteiger partial charge in [0.25, 0.3) is 0 Å². The molecule has 2 atom stereocenters. The Morgan fingerprint density at radius 1 is 1.11 bits per heavy atom. The van der Waals surface area contributed by atoms with Crippen molar-refractivity contribution in [2.75, 3.05) is 45.2 Å². The fraction of sp³-hybridized carbons (Fsp3) is 0.636. The van der Waals surface area contributed by atoms with Gasteiger partial charge in [-0.1, -0.05) is 25.0 Å². The third kappa shape index (κ3) is 3.39. The van der Waals surface area contributed by atoms with Gasteiger partial charge < -0.3 is 14.9 Å². The Labute approximate surface area is 167 Å². The number of carboxylic acid groups (broad SMARTS) is 1. The summed E-state index contributed by atoms with van der Waals surface area (Å²) in [7, 11) is 3.98. The molecule has 4 rings (SSSR count). The van der Waals surface area contributed by atoms with E-state index >= 15 is 0 Å². The van der Waals surface area contributed by atoms with Crippen molar-refractivity contribution in [1.29, 1.82) is 0 Å². The highest BCUT2D eigenvalue weighted by Crippen LogP contribution is 2.45. The molecule has 2 heterocycles. The van der Waals surface area contributed by atoms with E-state index in [9.17, 15) is 14.7 Å². The van der Waals surface area contributed by atoms with Crippen LogP contribution in [0, 0.1) is 11.3 Å². The largest absolute Gasteiger partial charge is 0.481 e. The van der Waals surface area contributed by atoms with Gasteiger partial charge in [0, 0.05) is 57.9 Å². The summed E-state index contributed by atoms with van der Waals surface area (Å²) in [4.78, 5) is 31.3. The molecule has 1 aliphatic carbocycles. The Morgan fingerprint density at radius 2 is 1.79 bits per heavy atom. The van der Waals surface area contributed by atoms with Gasteiger partial charge in [0.15, 0.2) is 0 Å². The van der Waals surface area contributed by atoms with E-state index < -0.39 is 11.4 Å². The fourth-order valence-corrected chi connectivity index (χ4v) is 5.34. The van der Waals surface area contributed by atoms with Gasteiger partial charge in [-0.05, 0) is 30.5 Å². The lowest BCUT2D eigenvalue weighted by Crippen LogP contribution is -2.43. The molecule has 2 aliphatic heterocycles. The minimum absolute atomic E-state index is 0.0417. The zero-order valence-corrected chi connectivity index (χ0v) is 16.9. The Morgan fingerprint density at radius 3 is 2.36 bits per heavy atom. The summed E-state index contributed by atoms with van der Waals surface area (Å²) >= 11 is 0. The molecule has 0 unspecified atom stereocenters. The summed E-state index contributed by atoms with van der Waals surface area (Å²) in [5.74, 6) is -0.644. The van der Waals surface area contributed by atoms with Crippen LogP contribution in [0.2, 0.25) is 0 Å². The van der Waals surface area contributed by atoms with Crippen molar-refractivity contribution in [1.82, 2.24) is 9.80 Å². The van der Waals surface area contributed by atoms with Crippen molar-refractivity contribution in [3.63, 3.8) is 0 Å². The van der Waals surface area contributed by atoms with E-state index in [-0.39, 0.29) is 11.8 Å². The van der Waals surface area contributed by atoms with E-state index in [0.717, 1.165) is 17.8 Å². The SMILES string of the molecule is CN(C)c1ccc(CC(=O)N2C[C@H]3CN(C4CCCC4)C[C@@]3(C(=O)O)C2)cc1. The average molecular weight is 386 g/mol. The van der Waals surface area contributed by atoms with Crippen molar-refractivity contribution >= 4 is 17.6 Å². The van der Waals surface area contributed by atoms with Gasteiger partial charge >= 0.3 is 5.97 Å². The summed E-state index contributed by atoms with van der Waals surface area (Å²) in [5, 5.41) is 10.0. The predicted octanol–water partition coefficient (Wildman–Crippen LogP) is 2.08. The Bertz CT molecular complexity index is 742. The fourth-order valence-electron chi connectivity index (χ4n) is 5.34. The molecule has 2 saturated heterocycles. The van der Waals surface area contributed by atoms with Crippen molar-refractivity contribution in [3.8, 4) is 0 Å². The Kier molecular flexibility index (Phi) is 5.08. The van der Waals surface area contributed by atoms with Gasteiger partial charge in [0.1, 0.15) is 5.41 Å². The van der Waals surface area contributed by atoms with Crippen LogP contribution in [0.1, 0.15) is 31.2 Å². The quantitative estimate of drug-likeness (QED) is 0.841. The number of aliphatic carboxylic acids is 1. The monoisotopic (exact) mass is 385 g/mol. The van der Waals surface area contributed by atoms with Crippen molar-refractivity contribution in [2.24, 2.45) is 11.3 Å². The first-order chi connectivity index (χ1) is 13.4. The first kappa shape index (κ1) is 19.2. The molecule has 152 valence electrons. The summed E-state index contributed by atoms with van der Waals surface area (Å²) < 4.78 is 0. The molecule has 0 radical (unpaired) electrons. The zero-order valence-electron chi connectivity index (χ0n) is 16.9. The normalized spacial score (nSPS) is 27.9. The van der Waals surface area contributed by atoms with Crippen LogP contribution in [0.4, 0.5) is 5.69 Å². The molecule has 0 aromatic heterocycles. The Balaban J connectivity index is 1.42. The number of benzene rings is 1. The summed E-state index contributed by atoms with van der Waals surface area (Å²) in [6, 6.07) is 8.54. The van der Waals surface area contributed by atoms with Crippen LogP contribution >= 0.6 is 0 Å². The molecular weight excluding hydrogens is 354 g/mol. The molecule has 1 N–H and O–H groups in total. The van der Waals surface area contributed by atoms with Crippen LogP contribution in [0.15, 0.2) is 24.3 Å². The number of amides is 1. The van der Waals surface area contributed by atoms with Crippen LogP contribution in [0.5, 0.6) is 0 Å². The van der Waals surface area contributed by atoms with Gasteiger partial charge in [-0.25, -0.2) is 0 Å². The van der Waals surface area contributed by atoms with E-state index in [0.29, 0.717) is 32.1 Å². The lowest BCUT2D eigenvalue weighted by molar-refractivity contribution is -0.149. The number of carbonyl (C=O) groups excluding carboxylic acids is 1. The van der Waals surface area contributed by atoms with Crippen molar-refractivity contribution in [3.05, 3.63) is 29.8 Å². The highest BCUT2D eigenvalue weighted by Gasteiger charge is 2.59. The lowest BCUT2D eigenvalue weighted by atomic mass is 9.81. The van der Waals surface area contributed by atoms with E-state index in [2.05, 4.69) is 4.90 Å². The Hall–Kier alpha value is -2.08. The highest BCUT2D eigenvalue weighted by atomic mass is 16.4. The van der Waals surface area contributed by atoms with Gasteiger partial charge in [-0.15, -0.1) is 0 Å². The van der Waals surface area contributed by atoms with Gasteiger partial charge in [0.05, 0.1) is 6.42 Å². The number of fused-ring (bicyclic) bond motifs is 1. The van der Waals surface area contributed by atoms with Crippen LogP contribution < -0.4 is 4.90 Å². The number of carbonyl (C=O) groups is 2. The maximum atomic E-state index is 12.9. The second-order valence-electron chi connectivity index (χ2n) is 9.04. The topological polar surface area (TPSA) is 64.1 Å². The molecule has 1 saturated carbocycles. The van der Waals surface area contributed by atoms with Crippen molar-refractivity contribution in [2.45, 2.75) is 38.1 Å². The number of anilines is 1. The van der Waals surface area contributed by atoms with Gasteiger partial charge in [0.2, 0.25) is 5.91 Å².